The second-order valence-electron chi connectivity index (χ2n) is 8.41. The molecule has 1 saturated heterocycles. The lowest BCUT2D eigenvalue weighted by molar-refractivity contribution is 0.0827. The van der Waals surface area contributed by atoms with Crippen LogP contribution in [0.4, 0.5) is 5.69 Å². The minimum atomic E-state index is 0.0303. The summed E-state index contributed by atoms with van der Waals surface area (Å²) in [6.45, 7) is 4.94. The van der Waals surface area contributed by atoms with Crippen molar-refractivity contribution in [3.63, 3.8) is 0 Å². The van der Waals surface area contributed by atoms with Gasteiger partial charge in [-0.1, -0.05) is 29.8 Å². The van der Waals surface area contributed by atoms with Gasteiger partial charge in [-0.2, -0.15) is 0 Å². The summed E-state index contributed by atoms with van der Waals surface area (Å²) in [7, 11) is 5.36. The van der Waals surface area contributed by atoms with E-state index in [2.05, 4.69) is 57.8 Å². The minimum Gasteiger partial charge on any atom is -0.369 e. The number of guanidine groups is 1. The fourth-order valence-corrected chi connectivity index (χ4v) is 3.92. The molecule has 2 N–H and O–H groups in total. The molecule has 0 radical (unpaired) electrons. The van der Waals surface area contributed by atoms with E-state index in [0.29, 0.717) is 6.04 Å². The Kier molecular flexibility index (Phi) is 7.93. The Morgan fingerprint density at radius 2 is 1.97 bits per heavy atom. The summed E-state index contributed by atoms with van der Waals surface area (Å²) in [6, 6.07) is 17.0. The molecule has 2 aromatic rings. The van der Waals surface area contributed by atoms with Gasteiger partial charge < -0.3 is 20.4 Å². The van der Waals surface area contributed by atoms with E-state index in [-0.39, 0.29) is 5.91 Å². The van der Waals surface area contributed by atoms with Gasteiger partial charge in [0.15, 0.2) is 5.96 Å². The summed E-state index contributed by atoms with van der Waals surface area (Å²) in [5, 5.41) is 7.01. The third-order valence-corrected chi connectivity index (χ3v) is 5.67. The standard InChI is InChI=1S/C25H35N5O/c1-19-10-12-23(13-11-19)30-16-6-9-22(18-30)28-25(26-2)27-15-14-20-7-5-8-21(17-20)24(31)29(3)4/h5,7-8,10-13,17,22H,6,9,14-16,18H2,1-4H3,(H2,26,27,28). The number of carbonyl (C=O) groups is 1. The van der Waals surface area contributed by atoms with Gasteiger partial charge in [-0.15, -0.1) is 0 Å². The topological polar surface area (TPSA) is 60.0 Å². The van der Waals surface area contributed by atoms with E-state index in [9.17, 15) is 4.79 Å². The zero-order valence-electron chi connectivity index (χ0n) is 19.2. The van der Waals surface area contributed by atoms with E-state index >= 15 is 0 Å². The summed E-state index contributed by atoms with van der Waals surface area (Å²) in [4.78, 5) is 20.6. The van der Waals surface area contributed by atoms with E-state index in [1.807, 2.05) is 25.2 Å². The molecular formula is C25H35N5O. The van der Waals surface area contributed by atoms with E-state index in [0.717, 1.165) is 56.0 Å². The number of nitrogens with zero attached hydrogens (tertiary/aromatic N) is 3. The van der Waals surface area contributed by atoms with E-state index < -0.39 is 0 Å². The average Bonchev–Trinajstić information content (AvgIpc) is 2.78. The number of piperidine rings is 1. The van der Waals surface area contributed by atoms with E-state index in [1.54, 1.807) is 19.0 Å². The first kappa shape index (κ1) is 22.7. The van der Waals surface area contributed by atoms with Crippen LogP contribution in [0.3, 0.4) is 0 Å². The van der Waals surface area contributed by atoms with Gasteiger partial charge in [0, 0.05) is 58.1 Å². The van der Waals surface area contributed by atoms with Gasteiger partial charge in [0.1, 0.15) is 0 Å². The maximum atomic E-state index is 12.2. The van der Waals surface area contributed by atoms with Crippen molar-refractivity contribution in [2.45, 2.75) is 32.2 Å². The molecule has 0 bridgehead atoms. The summed E-state index contributed by atoms with van der Waals surface area (Å²) in [5.41, 5.74) is 4.44. The van der Waals surface area contributed by atoms with Crippen LogP contribution in [0, 0.1) is 6.92 Å². The van der Waals surface area contributed by atoms with Crippen LogP contribution in [0.5, 0.6) is 0 Å². The van der Waals surface area contributed by atoms with Crippen LogP contribution in [0.25, 0.3) is 0 Å². The van der Waals surface area contributed by atoms with Crippen molar-refractivity contribution in [2.75, 3.05) is 45.7 Å². The molecule has 0 aliphatic carbocycles. The summed E-state index contributed by atoms with van der Waals surface area (Å²) in [5.74, 6) is 0.860. The molecule has 0 spiro atoms. The van der Waals surface area contributed by atoms with E-state index in [4.69, 9.17) is 0 Å². The van der Waals surface area contributed by atoms with Crippen LogP contribution < -0.4 is 15.5 Å². The highest BCUT2D eigenvalue weighted by Crippen LogP contribution is 2.20. The van der Waals surface area contributed by atoms with Crippen molar-refractivity contribution < 1.29 is 4.79 Å². The molecule has 31 heavy (non-hydrogen) atoms. The second kappa shape index (κ2) is 10.8. The largest absolute Gasteiger partial charge is 0.369 e. The quantitative estimate of drug-likeness (QED) is 0.556. The minimum absolute atomic E-state index is 0.0303. The molecule has 1 heterocycles. The zero-order valence-corrected chi connectivity index (χ0v) is 19.2. The van der Waals surface area contributed by atoms with Crippen LogP contribution in [0.15, 0.2) is 53.5 Å². The Morgan fingerprint density at radius 3 is 2.68 bits per heavy atom. The smallest absolute Gasteiger partial charge is 0.253 e. The Morgan fingerprint density at radius 1 is 1.19 bits per heavy atom. The molecule has 2 aromatic carbocycles. The van der Waals surface area contributed by atoms with Gasteiger partial charge in [0.05, 0.1) is 0 Å². The molecule has 1 amide bonds. The van der Waals surface area contributed by atoms with Gasteiger partial charge in [-0.3, -0.25) is 9.79 Å². The molecule has 1 unspecified atom stereocenters. The first-order valence-electron chi connectivity index (χ1n) is 11.1. The maximum Gasteiger partial charge on any atom is 0.253 e. The summed E-state index contributed by atoms with van der Waals surface area (Å²) in [6.07, 6.45) is 3.13. The van der Waals surface area contributed by atoms with Crippen molar-refractivity contribution >= 4 is 17.6 Å². The van der Waals surface area contributed by atoms with Gasteiger partial charge in [-0.05, 0) is 56.0 Å². The molecular weight excluding hydrogens is 386 g/mol. The number of carbonyl (C=O) groups excluding carboxylic acids is 1. The fourth-order valence-electron chi connectivity index (χ4n) is 3.92. The van der Waals surface area contributed by atoms with Crippen LogP contribution in [0.2, 0.25) is 0 Å². The van der Waals surface area contributed by atoms with Crippen LogP contribution in [-0.2, 0) is 6.42 Å². The molecule has 166 valence electrons. The lowest BCUT2D eigenvalue weighted by atomic mass is 10.0. The van der Waals surface area contributed by atoms with Gasteiger partial charge in [0.25, 0.3) is 5.91 Å². The van der Waals surface area contributed by atoms with Crippen LogP contribution in [0.1, 0.15) is 34.3 Å². The predicted molar refractivity (Wildman–Crippen MR) is 129 cm³/mol. The first-order valence-corrected chi connectivity index (χ1v) is 11.1. The lowest BCUT2D eigenvalue weighted by Gasteiger charge is -2.35. The number of amides is 1. The van der Waals surface area contributed by atoms with Crippen LogP contribution in [-0.4, -0.2) is 63.6 Å². The number of aliphatic imine (C=N–C) groups is 1. The molecule has 1 fully saturated rings. The zero-order chi connectivity index (χ0) is 22.2. The highest BCUT2D eigenvalue weighted by atomic mass is 16.2. The van der Waals surface area contributed by atoms with Gasteiger partial charge in [-0.25, -0.2) is 0 Å². The third-order valence-electron chi connectivity index (χ3n) is 5.67. The van der Waals surface area contributed by atoms with Gasteiger partial charge in [0.2, 0.25) is 0 Å². The predicted octanol–water partition coefficient (Wildman–Crippen LogP) is 3.07. The highest BCUT2D eigenvalue weighted by Gasteiger charge is 2.21. The first-order chi connectivity index (χ1) is 15.0. The number of rotatable bonds is 6. The van der Waals surface area contributed by atoms with Crippen molar-refractivity contribution in [1.29, 1.82) is 0 Å². The maximum absolute atomic E-state index is 12.2. The SMILES string of the molecule is CN=C(NCCc1cccc(C(=O)N(C)C)c1)NC1CCCN(c2ccc(C)cc2)C1. The normalized spacial score (nSPS) is 16.7. The molecule has 6 heteroatoms. The molecule has 6 nitrogen and oxygen atoms in total. The fraction of sp³-hybridized carbons (Fsp3) is 0.440. The summed E-state index contributed by atoms with van der Waals surface area (Å²) < 4.78 is 0. The number of anilines is 1. The number of benzene rings is 2. The number of hydrogen-bond donors (Lipinski definition) is 2. The number of aryl methyl sites for hydroxylation is 1. The molecule has 3 rings (SSSR count). The van der Waals surface area contributed by atoms with Crippen LogP contribution >= 0.6 is 0 Å². The highest BCUT2D eigenvalue weighted by molar-refractivity contribution is 5.94. The van der Waals surface area contributed by atoms with Crippen molar-refractivity contribution in [3.05, 3.63) is 65.2 Å². The third kappa shape index (κ3) is 6.48. The van der Waals surface area contributed by atoms with Crippen molar-refractivity contribution in [2.24, 2.45) is 4.99 Å². The van der Waals surface area contributed by atoms with Crippen molar-refractivity contribution in [1.82, 2.24) is 15.5 Å². The Bertz CT molecular complexity index is 891. The average molecular weight is 422 g/mol. The molecule has 1 aliphatic rings. The molecule has 0 saturated carbocycles. The monoisotopic (exact) mass is 421 g/mol. The summed E-state index contributed by atoms with van der Waals surface area (Å²) >= 11 is 0. The molecule has 1 aliphatic heterocycles. The molecule has 1 atom stereocenters. The Balaban J connectivity index is 1.50. The second-order valence-corrected chi connectivity index (χ2v) is 8.41. The van der Waals surface area contributed by atoms with Gasteiger partial charge >= 0.3 is 0 Å². The van der Waals surface area contributed by atoms with E-state index in [1.165, 1.54) is 11.3 Å². The molecule has 0 aromatic heterocycles. The lowest BCUT2D eigenvalue weighted by Crippen LogP contribution is -2.51. The Hall–Kier alpha value is -3.02. The number of nitrogens with one attached hydrogen (secondary N) is 2. The Labute approximate surface area is 186 Å². The van der Waals surface area contributed by atoms with Crippen molar-refractivity contribution in [3.8, 4) is 0 Å². The number of hydrogen-bond acceptors (Lipinski definition) is 3.